The molecule has 2 nitrogen and oxygen atoms in total. The average molecular weight is 250 g/mol. The minimum atomic E-state index is 0.483. The van der Waals surface area contributed by atoms with Crippen LogP contribution >= 0.6 is 11.3 Å². The van der Waals surface area contributed by atoms with Crippen molar-refractivity contribution in [1.82, 2.24) is 10.3 Å². The van der Waals surface area contributed by atoms with Crippen LogP contribution in [0.3, 0.4) is 0 Å². The second-order valence-corrected chi connectivity index (χ2v) is 7.38. The lowest BCUT2D eigenvalue weighted by atomic mass is 9.79. The number of thiazole rings is 1. The number of nitrogens with zero attached hydrogens (tertiary/aromatic N) is 1. The molecule has 1 aliphatic heterocycles. The molecular formula is C14H22N2S. The van der Waals surface area contributed by atoms with Gasteiger partial charge in [0.2, 0.25) is 0 Å². The van der Waals surface area contributed by atoms with Crippen LogP contribution in [-0.4, -0.2) is 11.5 Å². The van der Waals surface area contributed by atoms with Crippen molar-refractivity contribution in [2.75, 3.05) is 6.54 Å². The number of aromatic nitrogens is 1. The van der Waals surface area contributed by atoms with Crippen LogP contribution in [-0.2, 0) is 12.8 Å². The zero-order chi connectivity index (χ0) is 11.9. The maximum absolute atomic E-state index is 4.90. The summed E-state index contributed by atoms with van der Waals surface area (Å²) in [4.78, 5) is 6.45. The summed E-state index contributed by atoms with van der Waals surface area (Å²) in [7, 11) is 0. The molecule has 1 aliphatic carbocycles. The minimum absolute atomic E-state index is 0.483. The Kier molecular flexibility index (Phi) is 2.99. The fourth-order valence-electron chi connectivity index (χ4n) is 2.93. The number of rotatable bonds is 1. The molecule has 0 radical (unpaired) electrons. The smallest absolute Gasteiger partial charge is 0.110 e. The molecule has 1 unspecified atom stereocenters. The van der Waals surface area contributed by atoms with Gasteiger partial charge in [0.15, 0.2) is 0 Å². The summed E-state index contributed by atoms with van der Waals surface area (Å²) in [6.07, 6.45) is 7.66. The van der Waals surface area contributed by atoms with E-state index < -0.39 is 0 Å². The van der Waals surface area contributed by atoms with Gasteiger partial charge in [-0.15, -0.1) is 11.3 Å². The highest BCUT2D eigenvalue weighted by Gasteiger charge is 2.29. The highest BCUT2D eigenvalue weighted by Crippen LogP contribution is 2.39. The van der Waals surface area contributed by atoms with E-state index in [0.29, 0.717) is 11.5 Å². The number of fused-ring (bicyclic) bond motifs is 1. The fraction of sp³-hybridized carbons (Fsp3) is 0.786. The Morgan fingerprint density at radius 1 is 1.35 bits per heavy atom. The van der Waals surface area contributed by atoms with Gasteiger partial charge < -0.3 is 5.32 Å². The summed E-state index contributed by atoms with van der Waals surface area (Å²) >= 11 is 1.97. The normalized spacial score (nSPS) is 27.8. The molecule has 1 atom stereocenters. The molecule has 0 amide bonds. The number of nitrogens with one attached hydrogen (secondary N) is 1. The van der Waals surface area contributed by atoms with Crippen LogP contribution < -0.4 is 5.32 Å². The predicted octanol–water partition coefficient (Wildman–Crippen LogP) is 3.47. The lowest BCUT2D eigenvalue weighted by molar-refractivity contribution is 0.316. The molecule has 1 aromatic rings. The van der Waals surface area contributed by atoms with Crippen molar-refractivity contribution in [2.45, 2.75) is 58.4 Å². The van der Waals surface area contributed by atoms with Crippen LogP contribution in [0.25, 0.3) is 0 Å². The third-order valence-corrected chi connectivity index (χ3v) is 5.29. The number of piperidine rings is 1. The Balaban J connectivity index is 1.82. The van der Waals surface area contributed by atoms with Gasteiger partial charge in [-0.1, -0.05) is 20.3 Å². The number of hydrogen-bond acceptors (Lipinski definition) is 3. The molecular weight excluding hydrogens is 228 g/mol. The van der Waals surface area contributed by atoms with Gasteiger partial charge in [0.1, 0.15) is 5.01 Å². The standard InChI is InChI=1S/C14H22N2S/c1-14(2)7-6-10-12(9-14)17-13(16-10)11-5-3-4-8-15-11/h11,15H,3-9H2,1-2H3. The first-order valence-corrected chi connectivity index (χ1v) is 7.68. The monoisotopic (exact) mass is 250 g/mol. The number of aryl methyl sites for hydroxylation is 1. The molecule has 0 saturated carbocycles. The molecule has 17 heavy (non-hydrogen) atoms. The quantitative estimate of drug-likeness (QED) is 0.825. The highest BCUT2D eigenvalue weighted by molar-refractivity contribution is 7.11. The van der Waals surface area contributed by atoms with Crippen LogP contribution in [0.2, 0.25) is 0 Å². The SMILES string of the molecule is CC1(C)CCc2nc(C3CCCCN3)sc2C1. The van der Waals surface area contributed by atoms with Crippen molar-refractivity contribution in [3.05, 3.63) is 15.6 Å². The summed E-state index contributed by atoms with van der Waals surface area (Å²) < 4.78 is 0. The molecule has 0 aromatic carbocycles. The molecule has 2 aliphatic rings. The molecule has 0 spiro atoms. The summed E-state index contributed by atoms with van der Waals surface area (Å²) in [6, 6.07) is 0.544. The van der Waals surface area contributed by atoms with E-state index in [0.717, 1.165) is 0 Å². The van der Waals surface area contributed by atoms with Gasteiger partial charge in [0.05, 0.1) is 11.7 Å². The summed E-state index contributed by atoms with van der Waals surface area (Å²) in [5.74, 6) is 0. The van der Waals surface area contributed by atoms with Gasteiger partial charge in [0, 0.05) is 4.88 Å². The summed E-state index contributed by atoms with van der Waals surface area (Å²) in [5.41, 5.74) is 1.88. The lowest BCUT2D eigenvalue weighted by Gasteiger charge is -2.28. The maximum atomic E-state index is 4.90. The van der Waals surface area contributed by atoms with E-state index in [1.54, 1.807) is 4.88 Å². The van der Waals surface area contributed by atoms with Gasteiger partial charge in [-0.25, -0.2) is 4.98 Å². The minimum Gasteiger partial charge on any atom is -0.308 e. The first-order chi connectivity index (χ1) is 8.14. The molecule has 1 fully saturated rings. The average Bonchev–Trinajstić information content (AvgIpc) is 2.71. The van der Waals surface area contributed by atoms with Gasteiger partial charge in [-0.3, -0.25) is 0 Å². The van der Waals surface area contributed by atoms with E-state index in [1.807, 2.05) is 11.3 Å². The zero-order valence-corrected chi connectivity index (χ0v) is 11.7. The Morgan fingerprint density at radius 2 is 2.24 bits per heavy atom. The number of hydrogen-bond donors (Lipinski definition) is 1. The molecule has 3 rings (SSSR count). The van der Waals surface area contributed by atoms with Crippen LogP contribution in [0.5, 0.6) is 0 Å². The van der Waals surface area contributed by atoms with Crippen molar-refractivity contribution in [2.24, 2.45) is 5.41 Å². The summed E-state index contributed by atoms with van der Waals surface area (Å²) in [6.45, 7) is 5.93. The van der Waals surface area contributed by atoms with E-state index >= 15 is 0 Å². The Hall–Kier alpha value is -0.410. The first kappa shape index (κ1) is 11.7. The third kappa shape index (κ3) is 2.41. The van der Waals surface area contributed by atoms with Gasteiger partial charge in [-0.05, 0) is 44.1 Å². The van der Waals surface area contributed by atoms with Gasteiger partial charge >= 0.3 is 0 Å². The molecule has 1 N–H and O–H groups in total. The van der Waals surface area contributed by atoms with Crippen molar-refractivity contribution in [3.8, 4) is 0 Å². The lowest BCUT2D eigenvalue weighted by Crippen LogP contribution is -2.26. The molecule has 1 saturated heterocycles. The first-order valence-electron chi connectivity index (χ1n) is 6.86. The Morgan fingerprint density at radius 3 is 3.00 bits per heavy atom. The van der Waals surface area contributed by atoms with Crippen molar-refractivity contribution in [1.29, 1.82) is 0 Å². The van der Waals surface area contributed by atoms with Gasteiger partial charge in [-0.2, -0.15) is 0 Å². The van der Waals surface area contributed by atoms with Crippen LogP contribution in [0.1, 0.15) is 61.2 Å². The molecule has 0 bridgehead atoms. The van der Waals surface area contributed by atoms with Crippen molar-refractivity contribution >= 4 is 11.3 Å². The van der Waals surface area contributed by atoms with Crippen LogP contribution in [0, 0.1) is 5.41 Å². The maximum Gasteiger partial charge on any atom is 0.110 e. The largest absolute Gasteiger partial charge is 0.308 e. The topological polar surface area (TPSA) is 24.9 Å². The van der Waals surface area contributed by atoms with E-state index in [1.165, 1.54) is 55.8 Å². The zero-order valence-electron chi connectivity index (χ0n) is 10.9. The summed E-state index contributed by atoms with van der Waals surface area (Å²) in [5, 5.41) is 4.97. The predicted molar refractivity (Wildman–Crippen MR) is 72.5 cm³/mol. The van der Waals surface area contributed by atoms with Crippen LogP contribution in [0.4, 0.5) is 0 Å². The van der Waals surface area contributed by atoms with E-state index in [-0.39, 0.29) is 0 Å². The third-order valence-electron chi connectivity index (χ3n) is 4.08. The molecule has 2 heterocycles. The van der Waals surface area contributed by atoms with E-state index in [9.17, 15) is 0 Å². The Bertz CT molecular complexity index is 402. The van der Waals surface area contributed by atoms with Gasteiger partial charge in [0.25, 0.3) is 0 Å². The van der Waals surface area contributed by atoms with E-state index in [2.05, 4.69) is 19.2 Å². The molecule has 3 heteroatoms. The van der Waals surface area contributed by atoms with Crippen LogP contribution in [0.15, 0.2) is 0 Å². The highest BCUT2D eigenvalue weighted by atomic mass is 32.1. The second-order valence-electron chi connectivity index (χ2n) is 6.27. The fourth-order valence-corrected chi connectivity index (χ4v) is 4.41. The van der Waals surface area contributed by atoms with E-state index in [4.69, 9.17) is 4.98 Å². The molecule has 1 aromatic heterocycles. The van der Waals surface area contributed by atoms with Crippen molar-refractivity contribution < 1.29 is 0 Å². The van der Waals surface area contributed by atoms with Crippen molar-refractivity contribution in [3.63, 3.8) is 0 Å². The molecule has 94 valence electrons. The Labute approximate surface area is 108 Å². The second kappa shape index (κ2) is 4.36.